The van der Waals surface area contributed by atoms with Crippen LogP contribution in [0.1, 0.15) is 25.0 Å². The van der Waals surface area contributed by atoms with Crippen molar-refractivity contribution in [2.75, 3.05) is 5.32 Å². The Morgan fingerprint density at radius 2 is 2.19 bits per heavy atom. The van der Waals surface area contributed by atoms with Crippen molar-refractivity contribution >= 4 is 17.6 Å². The highest BCUT2D eigenvalue weighted by molar-refractivity contribution is 5.91. The summed E-state index contributed by atoms with van der Waals surface area (Å²) in [5.74, 6) is -1.07. The smallest absolute Gasteiger partial charge is 0.303 e. The van der Waals surface area contributed by atoms with Crippen LogP contribution < -0.4 is 5.32 Å². The van der Waals surface area contributed by atoms with Crippen LogP contribution in [0.4, 0.5) is 5.69 Å². The molecule has 1 amide bonds. The van der Waals surface area contributed by atoms with Gasteiger partial charge in [0, 0.05) is 26.1 Å². The largest absolute Gasteiger partial charge is 0.481 e. The highest BCUT2D eigenvalue weighted by atomic mass is 16.4. The maximum atomic E-state index is 11.4. The summed E-state index contributed by atoms with van der Waals surface area (Å²) in [5.41, 5.74) is 1.41. The average molecular weight is 225 g/mol. The Morgan fingerprint density at radius 1 is 1.50 bits per heavy atom. The molecule has 0 atom stereocenters. The molecule has 0 saturated heterocycles. The van der Waals surface area contributed by atoms with Crippen LogP contribution in [0.5, 0.6) is 0 Å². The zero-order valence-electron chi connectivity index (χ0n) is 9.36. The van der Waals surface area contributed by atoms with Crippen LogP contribution in [0.2, 0.25) is 0 Å². The van der Waals surface area contributed by atoms with E-state index in [9.17, 15) is 9.59 Å². The first-order chi connectivity index (χ1) is 7.49. The number of aryl methyl sites for hydroxylation is 2. The molecule has 16 heavy (non-hydrogen) atoms. The molecule has 88 valence electrons. The number of carboxylic acid groups (broad SMARTS) is 1. The van der Waals surface area contributed by atoms with Crippen LogP contribution in [0.3, 0.4) is 0 Å². The lowest BCUT2D eigenvalue weighted by molar-refractivity contribution is -0.137. The van der Waals surface area contributed by atoms with E-state index < -0.39 is 5.97 Å². The van der Waals surface area contributed by atoms with Crippen LogP contribution in [-0.4, -0.2) is 26.8 Å². The van der Waals surface area contributed by atoms with E-state index in [2.05, 4.69) is 10.4 Å². The summed E-state index contributed by atoms with van der Waals surface area (Å²) in [4.78, 5) is 21.7. The molecule has 0 aliphatic heterocycles. The minimum atomic E-state index is -0.884. The van der Waals surface area contributed by atoms with E-state index >= 15 is 0 Å². The molecule has 6 nitrogen and oxygen atoms in total. The Hall–Kier alpha value is -1.85. The number of carbonyl (C=O) groups excluding carboxylic acids is 1. The highest BCUT2D eigenvalue weighted by Crippen LogP contribution is 2.12. The number of hydrogen-bond acceptors (Lipinski definition) is 3. The van der Waals surface area contributed by atoms with Crippen LogP contribution in [0, 0.1) is 6.92 Å². The van der Waals surface area contributed by atoms with Crippen molar-refractivity contribution in [1.29, 1.82) is 0 Å². The molecule has 0 bridgehead atoms. The van der Waals surface area contributed by atoms with Crippen molar-refractivity contribution in [3.05, 3.63) is 11.9 Å². The maximum absolute atomic E-state index is 11.4. The number of carbonyl (C=O) groups is 2. The molecule has 1 heterocycles. The number of amides is 1. The molecular weight excluding hydrogens is 210 g/mol. The van der Waals surface area contributed by atoms with Gasteiger partial charge in [-0.1, -0.05) is 0 Å². The van der Waals surface area contributed by atoms with Gasteiger partial charge in [-0.05, 0) is 13.3 Å². The van der Waals surface area contributed by atoms with Crippen molar-refractivity contribution in [2.24, 2.45) is 7.05 Å². The Bertz CT molecular complexity index is 398. The van der Waals surface area contributed by atoms with Gasteiger partial charge in [0.1, 0.15) is 0 Å². The van der Waals surface area contributed by atoms with Gasteiger partial charge in [0.25, 0.3) is 0 Å². The first kappa shape index (κ1) is 12.2. The van der Waals surface area contributed by atoms with Crippen LogP contribution in [0.15, 0.2) is 6.20 Å². The summed E-state index contributed by atoms with van der Waals surface area (Å²) >= 11 is 0. The van der Waals surface area contributed by atoms with E-state index in [4.69, 9.17) is 5.11 Å². The number of nitrogens with one attached hydrogen (secondary N) is 1. The quantitative estimate of drug-likeness (QED) is 0.780. The van der Waals surface area contributed by atoms with Gasteiger partial charge in [0.05, 0.1) is 11.4 Å². The fraction of sp³-hybridized carbons (Fsp3) is 0.500. The molecule has 0 aromatic carbocycles. The molecule has 0 unspecified atom stereocenters. The lowest BCUT2D eigenvalue weighted by Crippen LogP contribution is -2.12. The van der Waals surface area contributed by atoms with E-state index in [-0.39, 0.29) is 18.7 Å². The number of nitrogens with zero attached hydrogens (tertiary/aromatic N) is 2. The normalized spacial score (nSPS) is 10.1. The molecule has 2 N–H and O–H groups in total. The van der Waals surface area contributed by atoms with Gasteiger partial charge in [-0.15, -0.1) is 0 Å². The van der Waals surface area contributed by atoms with Crippen LogP contribution in [0.25, 0.3) is 0 Å². The van der Waals surface area contributed by atoms with Crippen molar-refractivity contribution < 1.29 is 14.7 Å². The molecule has 0 fully saturated rings. The Morgan fingerprint density at radius 3 is 2.69 bits per heavy atom. The molecule has 0 aliphatic carbocycles. The number of hydrogen-bond donors (Lipinski definition) is 2. The highest BCUT2D eigenvalue weighted by Gasteiger charge is 2.08. The number of carboxylic acids is 1. The SMILES string of the molecule is Cc1nn(C)cc1NC(=O)CCCC(=O)O. The minimum Gasteiger partial charge on any atom is -0.481 e. The van der Waals surface area contributed by atoms with Gasteiger partial charge in [-0.25, -0.2) is 0 Å². The number of rotatable bonds is 5. The van der Waals surface area contributed by atoms with Gasteiger partial charge in [0.2, 0.25) is 5.91 Å². The van der Waals surface area contributed by atoms with E-state index in [1.165, 1.54) is 0 Å². The third-order valence-corrected chi connectivity index (χ3v) is 2.08. The second-order valence-electron chi connectivity index (χ2n) is 3.60. The van der Waals surface area contributed by atoms with Gasteiger partial charge in [-0.3, -0.25) is 14.3 Å². The van der Waals surface area contributed by atoms with E-state index in [1.54, 1.807) is 24.9 Å². The molecule has 1 rings (SSSR count). The molecule has 0 radical (unpaired) electrons. The first-order valence-electron chi connectivity index (χ1n) is 5.01. The average Bonchev–Trinajstić information content (AvgIpc) is 2.44. The summed E-state index contributed by atoms with van der Waals surface area (Å²) in [5, 5.41) is 15.2. The fourth-order valence-corrected chi connectivity index (χ4v) is 1.34. The summed E-state index contributed by atoms with van der Waals surface area (Å²) in [6.45, 7) is 1.80. The van der Waals surface area contributed by atoms with Crippen molar-refractivity contribution in [3.63, 3.8) is 0 Å². The molecule has 0 spiro atoms. The number of aliphatic carboxylic acids is 1. The molecule has 0 saturated carbocycles. The number of aromatic nitrogens is 2. The molecule has 0 aliphatic rings. The second-order valence-corrected chi connectivity index (χ2v) is 3.60. The summed E-state index contributed by atoms with van der Waals surface area (Å²) in [6.07, 6.45) is 2.28. The molecular formula is C10H15N3O3. The fourth-order valence-electron chi connectivity index (χ4n) is 1.34. The second kappa shape index (κ2) is 5.29. The van der Waals surface area contributed by atoms with E-state index in [0.29, 0.717) is 12.1 Å². The summed E-state index contributed by atoms with van der Waals surface area (Å²) in [7, 11) is 1.77. The van der Waals surface area contributed by atoms with Crippen molar-refractivity contribution in [3.8, 4) is 0 Å². The zero-order valence-corrected chi connectivity index (χ0v) is 9.36. The predicted molar refractivity (Wildman–Crippen MR) is 58.1 cm³/mol. The van der Waals surface area contributed by atoms with Crippen LogP contribution >= 0.6 is 0 Å². The van der Waals surface area contributed by atoms with Crippen molar-refractivity contribution in [2.45, 2.75) is 26.2 Å². The Balaban J connectivity index is 2.40. The topological polar surface area (TPSA) is 84.2 Å². The Labute approximate surface area is 93.3 Å². The molecule has 1 aromatic rings. The van der Waals surface area contributed by atoms with E-state index in [0.717, 1.165) is 5.69 Å². The van der Waals surface area contributed by atoms with Crippen molar-refractivity contribution in [1.82, 2.24) is 9.78 Å². The standard InChI is InChI=1S/C10H15N3O3/c1-7-8(6-13(2)12-7)11-9(14)4-3-5-10(15)16/h6H,3-5H2,1-2H3,(H,11,14)(H,15,16). The zero-order chi connectivity index (χ0) is 12.1. The van der Waals surface area contributed by atoms with Crippen LogP contribution in [-0.2, 0) is 16.6 Å². The lowest BCUT2D eigenvalue weighted by Gasteiger charge is -2.02. The van der Waals surface area contributed by atoms with Gasteiger partial charge >= 0.3 is 5.97 Å². The lowest BCUT2D eigenvalue weighted by atomic mass is 10.2. The van der Waals surface area contributed by atoms with Gasteiger partial charge < -0.3 is 10.4 Å². The number of anilines is 1. The summed E-state index contributed by atoms with van der Waals surface area (Å²) < 4.78 is 1.61. The summed E-state index contributed by atoms with van der Waals surface area (Å²) in [6, 6.07) is 0. The van der Waals surface area contributed by atoms with Gasteiger partial charge in [-0.2, -0.15) is 5.10 Å². The predicted octanol–water partition coefficient (Wildman–Crippen LogP) is 0.922. The van der Waals surface area contributed by atoms with E-state index in [1.807, 2.05) is 0 Å². The molecule has 6 heteroatoms. The minimum absolute atomic E-state index is 0.0133. The third-order valence-electron chi connectivity index (χ3n) is 2.08. The third kappa shape index (κ3) is 3.72. The maximum Gasteiger partial charge on any atom is 0.303 e. The Kier molecular flexibility index (Phi) is 4.04. The van der Waals surface area contributed by atoms with Gasteiger partial charge in [0.15, 0.2) is 0 Å². The first-order valence-corrected chi connectivity index (χ1v) is 5.01. The molecule has 1 aromatic heterocycles. The monoisotopic (exact) mass is 225 g/mol.